The van der Waals surface area contributed by atoms with Crippen LogP contribution >= 0.6 is 0 Å². The molecule has 0 fully saturated rings. The van der Waals surface area contributed by atoms with E-state index in [2.05, 4.69) is 175 Å². The second-order valence-electron chi connectivity index (χ2n) is 11.7. The standard InChI is InChI=1S/C44H29NO/c1-2-13-31(14-3-1)38-20-8-10-23-41(38)45(34-27-28-37-33(29-34)26-25-32-16-5-6-18-35(32)37)43-40-21-9-11-24-42(40)46-44(43)39-22-12-17-30-15-4-7-19-36(30)39/h1-29H. The van der Waals surface area contributed by atoms with E-state index in [1.54, 1.807) is 0 Å². The first-order chi connectivity index (χ1) is 22.8. The highest BCUT2D eigenvalue weighted by atomic mass is 16.3. The van der Waals surface area contributed by atoms with E-state index in [-0.39, 0.29) is 0 Å². The van der Waals surface area contributed by atoms with E-state index in [1.165, 1.54) is 26.9 Å². The fraction of sp³-hybridized carbons (Fsp3) is 0. The van der Waals surface area contributed by atoms with Gasteiger partial charge in [-0.05, 0) is 68.2 Å². The molecule has 0 spiro atoms. The molecule has 2 nitrogen and oxygen atoms in total. The van der Waals surface area contributed by atoms with E-state index in [9.17, 15) is 0 Å². The highest BCUT2D eigenvalue weighted by Crippen LogP contribution is 2.50. The molecule has 46 heavy (non-hydrogen) atoms. The number of benzene rings is 8. The second kappa shape index (κ2) is 10.8. The van der Waals surface area contributed by atoms with Crippen molar-refractivity contribution in [2.45, 2.75) is 0 Å². The quantitative estimate of drug-likeness (QED) is 0.186. The molecule has 1 heterocycles. The van der Waals surface area contributed by atoms with Crippen LogP contribution in [-0.2, 0) is 0 Å². The maximum Gasteiger partial charge on any atom is 0.160 e. The van der Waals surface area contributed by atoms with Gasteiger partial charge >= 0.3 is 0 Å². The minimum absolute atomic E-state index is 0.847. The summed E-state index contributed by atoms with van der Waals surface area (Å²) in [4.78, 5) is 2.40. The van der Waals surface area contributed by atoms with Crippen molar-refractivity contribution in [3.63, 3.8) is 0 Å². The Morgan fingerprint density at radius 1 is 0.391 bits per heavy atom. The Hall–Kier alpha value is -6.12. The summed E-state index contributed by atoms with van der Waals surface area (Å²) in [7, 11) is 0. The molecule has 0 N–H and O–H groups in total. The highest BCUT2D eigenvalue weighted by Gasteiger charge is 2.27. The minimum atomic E-state index is 0.847. The number of hydrogen-bond donors (Lipinski definition) is 0. The maximum absolute atomic E-state index is 6.87. The van der Waals surface area contributed by atoms with Crippen molar-refractivity contribution in [1.29, 1.82) is 0 Å². The first-order valence-corrected chi connectivity index (χ1v) is 15.7. The largest absolute Gasteiger partial charge is 0.454 e. The molecule has 0 saturated carbocycles. The lowest BCUT2D eigenvalue weighted by molar-refractivity contribution is 0.632. The molecule has 8 aromatic carbocycles. The average molecular weight is 588 g/mol. The van der Waals surface area contributed by atoms with Gasteiger partial charge in [-0.15, -0.1) is 0 Å². The number of nitrogens with zero attached hydrogens (tertiary/aromatic N) is 1. The smallest absolute Gasteiger partial charge is 0.160 e. The molecule has 0 aliphatic rings. The van der Waals surface area contributed by atoms with Crippen molar-refractivity contribution in [2.24, 2.45) is 0 Å². The molecule has 0 bridgehead atoms. The SMILES string of the molecule is c1ccc(-c2ccccc2N(c2ccc3c(ccc4ccccc43)c2)c2c(-c3cccc4ccccc34)oc3ccccc23)cc1. The van der Waals surface area contributed by atoms with Crippen LogP contribution in [0.2, 0.25) is 0 Å². The van der Waals surface area contributed by atoms with Gasteiger partial charge in [-0.3, -0.25) is 0 Å². The van der Waals surface area contributed by atoms with Gasteiger partial charge in [0.15, 0.2) is 5.76 Å². The Labute approximate surface area is 267 Å². The van der Waals surface area contributed by atoms with Crippen LogP contribution in [0.25, 0.3) is 65.7 Å². The minimum Gasteiger partial charge on any atom is -0.454 e. The van der Waals surface area contributed by atoms with Crippen LogP contribution in [0.3, 0.4) is 0 Å². The maximum atomic E-state index is 6.87. The van der Waals surface area contributed by atoms with E-state index in [1.807, 2.05) is 6.07 Å². The summed E-state index contributed by atoms with van der Waals surface area (Å²) in [6, 6.07) is 62.6. The Balaban J connectivity index is 1.39. The van der Waals surface area contributed by atoms with Crippen LogP contribution in [0.1, 0.15) is 0 Å². The first-order valence-electron chi connectivity index (χ1n) is 15.7. The molecule has 0 aliphatic heterocycles. The van der Waals surface area contributed by atoms with Crippen molar-refractivity contribution in [3.05, 3.63) is 176 Å². The van der Waals surface area contributed by atoms with Gasteiger partial charge < -0.3 is 9.32 Å². The fourth-order valence-corrected chi connectivity index (χ4v) is 6.92. The van der Waals surface area contributed by atoms with Crippen LogP contribution in [0.5, 0.6) is 0 Å². The molecule has 0 radical (unpaired) electrons. The van der Waals surface area contributed by atoms with E-state index in [4.69, 9.17) is 4.42 Å². The highest BCUT2D eigenvalue weighted by molar-refractivity contribution is 6.12. The summed E-state index contributed by atoms with van der Waals surface area (Å²) in [5, 5.41) is 8.34. The van der Waals surface area contributed by atoms with Gasteiger partial charge in [0.2, 0.25) is 0 Å². The van der Waals surface area contributed by atoms with E-state index < -0.39 is 0 Å². The lowest BCUT2D eigenvalue weighted by atomic mass is 9.97. The molecular weight excluding hydrogens is 558 g/mol. The number of para-hydroxylation sites is 2. The third kappa shape index (κ3) is 4.27. The van der Waals surface area contributed by atoms with Gasteiger partial charge in [-0.1, -0.05) is 146 Å². The molecule has 0 aliphatic carbocycles. The molecule has 0 unspecified atom stereocenters. The van der Waals surface area contributed by atoms with Crippen LogP contribution < -0.4 is 4.90 Å². The van der Waals surface area contributed by atoms with Crippen molar-refractivity contribution < 1.29 is 4.42 Å². The number of furan rings is 1. The molecule has 9 aromatic rings. The summed E-state index contributed by atoms with van der Waals surface area (Å²) >= 11 is 0. The Kier molecular flexibility index (Phi) is 6.17. The van der Waals surface area contributed by atoms with Crippen LogP contribution in [0, 0.1) is 0 Å². The van der Waals surface area contributed by atoms with Crippen LogP contribution in [0.4, 0.5) is 17.1 Å². The van der Waals surface area contributed by atoms with Gasteiger partial charge in [-0.2, -0.15) is 0 Å². The van der Waals surface area contributed by atoms with Gasteiger partial charge in [0.25, 0.3) is 0 Å². The molecule has 1 aromatic heterocycles. The lowest BCUT2D eigenvalue weighted by Crippen LogP contribution is -2.12. The van der Waals surface area contributed by atoms with E-state index in [0.717, 1.165) is 55.9 Å². The topological polar surface area (TPSA) is 16.4 Å². The van der Waals surface area contributed by atoms with E-state index >= 15 is 0 Å². The molecular formula is C44H29NO. The monoisotopic (exact) mass is 587 g/mol. The normalized spacial score (nSPS) is 11.5. The number of fused-ring (bicyclic) bond motifs is 5. The summed E-state index contributed by atoms with van der Waals surface area (Å²) < 4.78 is 6.87. The summed E-state index contributed by atoms with van der Waals surface area (Å²) in [6.07, 6.45) is 0. The van der Waals surface area contributed by atoms with Crippen molar-refractivity contribution >= 4 is 60.3 Å². The van der Waals surface area contributed by atoms with Gasteiger partial charge in [-0.25, -0.2) is 0 Å². The predicted octanol–water partition coefficient (Wildman–Crippen LogP) is 12.7. The average Bonchev–Trinajstić information content (AvgIpc) is 3.51. The molecule has 0 atom stereocenters. The van der Waals surface area contributed by atoms with Crippen molar-refractivity contribution in [2.75, 3.05) is 4.90 Å². The van der Waals surface area contributed by atoms with Gasteiger partial charge in [0.05, 0.1) is 5.69 Å². The number of anilines is 3. The molecule has 9 rings (SSSR count). The van der Waals surface area contributed by atoms with Gasteiger partial charge in [0, 0.05) is 22.2 Å². The number of hydrogen-bond acceptors (Lipinski definition) is 2. The molecule has 0 amide bonds. The summed E-state index contributed by atoms with van der Waals surface area (Å²) in [5.41, 5.74) is 7.41. The van der Waals surface area contributed by atoms with Gasteiger partial charge in [0.1, 0.15) is 11.3 Å². The molecule has 216 valence electrons. The Morgan fingerprint density at radius 2 is 1.00 bits per heavy atom. The predicted molar refractivity (Wildman–Crippen MR) is 194 cm³/mol. The lowest BCUT2D eigenvalue weighted by Gasteiger charge is -2.28. The second-order valence-corrected chi connectivity index (χ2v) is 11.7. The third-order valence-electron chi connectivity index (χ3n) is 9.04. The van der Waals surface area contributed by atoms with Crippen LogP contribution in [0.15, 0.2) is 180 Å². The first kappa shape index (κ1) is 26.3. The van der Waals surface area contributed by atoms with Crippen LogP contribution in [-0.4, -0.2) is 0 Å². The zero-order valence-corrected chi connectivity index (χ0v) is 25.1. The van der Waals surface area contributed by atoms with Crippen molar-refractivity contribution in [3.8, 4) is 22.5 Å². The molecule has 0 saturated heterocycles. The Bertz CT molecular complexity index is 2540. The third-order valence-corrected chi connectivity index (χ3v) is 9.04. The zero-order chi connectivity index (χ0) is 30.5. The summed E-state index contributed by atoms with van der Waals surface area (Å²) in [6.45, 7) is 0. The van der Waals surface area contributed by atoms with E-state index in [0.29, 0.717) is 0 Å². The number of rotatable bonds is 5. The zero-order valence-electron chi connectivity index (χ0n) is 25.1. The molecule has 2 heteroatoms. The fourth-order valence-electron chi connectivity index (χ4n) is 6.92. The summed E-state index contributed by atoms with van der Waals surface area (Å²) in [5.74, 6) is 0.847. The van der Waals surface area contributed by atoms with Crippen molar-refractivity contribution in [1.82, 2.24) is 0 Å². The Morgan fingerprint density at radius 3 is 1.87 bits per heavy atom.